The number of phenols is 1. The molecule has 0 aliphatic heterocycles. The van der Waals surface area contributed by atoms with Gasteiger partial charge in [-0.3, -0.25) is 19.7 Å². The molecular weight excluding hydrogens is 266 g/mol. The number of rotatable bonds is 5. The molecule has 0 aliphatic rings. The zero-order valence-electron chi connectivity index (χ0n) is 11.0. The summed E-state index contributed by atoms with van der Waals surface area (Å²) in [5.41, 5.74) is 3.38. The zero-order chi connectivity index (χ0) is 15.5. The fraction of sp³-hybridized carbons (Fsp3) is 0.333. The van der Waals surface area contributed by atoms with Gasteiger partial charge in [-0.1, -0.05) is 0 Å². The van der Waals surface area contributed by atoms with Crippen molar-refractivity contribution in [1.29, 1.82) is 0 Å². The fourth-order valence-electron chi connectivity index (χ4n) is 1.72. The number of primary amides is 1. The van der Waals surface area contributed by atoms with E-state index in [9.17, 15) is 24.8 Å². The van der Waals surface area contributed by atoms with Crippen molar-refractivity contribution in [2.45, 2.75) is 25.8 Å². The molecule has 4 N–H and O–H groups in total. The predicted molar refractivity (Wildman–Crippen MR) is 70.1 cm³/mol. The summed E-state index contributed by atoms with van der Waals surface area (Å²) in [6.45, 7) is 3.12. The number of phenolic OH excluding ortho intramolecular Hbond substituents is 1. The standard InChI is InChI=1S/C12H15N3O5/c1-12(2,6-10(13)17)14-11(18)8-5-7(16)3-4-9(8)15(19)20/h3-5,16H,6H2,1-2H3,(H2,13,17)(H,14,18). The molecule has 108 valence electrons. The second-order valence-corrected chi connectivity index (χ2v) is 4.94. The lowest BCUT2D eigenvalue weighted by Crippen LogP contribution is -2.46. The van der Waals surface area contributed by atoms with Crippen LogP contribution >= 0.6 is 0 Å². The van der Waals surface area contributed by atoms with Gasteiger partial charge in [0.15, 0.2) is 0 Å². The lowest BCUT2D eigenvalue weighted by Gasteiger charge is -2.24. The fourth-order valence-corrected chi connectivity index (χ4v) is 1.72. The van der Waals surface area contributed by atoms with E-state index in [1.165, 1.54) is 0 Å². The largest absolute Gasteiger partial charge is 0.508 e. The highest BCUT2D eigenvalue weighted by atomic mass is 16.6. The molecule has 2 amide bonds. The third kappa shape index (κ3) is 3.94. The van der Waals surface area contributed by atoms with Gasteiger partial charge >= 0.3 is 0 Å². The van der Waals surface area contributed by atoms with Gasteiger partial charge in [-0.05, 0) is 26.0 Å². The topological polar surface area (TPSA) is 136 Å². The van der Waals surface area contributed by atoms with Gasteiger partial charge in [-0.25, -0.2) is 0 Å². The maximum atomic E-state index is 12.0. The molecule has 8 nitrogen and oxygen atoms in total. The molecule has 20 heavy (non-hydrogen) atoms. The number of carbonyl (C=O) groups is 2. The number of hydrogen-bond donors (Lipinski definition) is 3. The molecule has 0 saturated heterocycles. The van der Waals surface area contributed by atoms with Gasteiger partial charge in [0.05, 0.1) is 4.92 Å². The molecule has 0 spiro atoms. The van der Waals surface area contributed by atoms with E-state index in [0.29, 0.717) is 0 Å². The summed E-state index contributed by atoms with van der Waals surface area (Å²) < 4.78 is 0. The number of aromatic hydroxyl groups is 1. The molecule has 0 aromatic heterocycles. The number of nitrogens with one attached hydrogen (secondary N) is 1. The van der Waals surface area contributed by atoms with Crippen LogP contribution in [0.2, 0.25) is 0 Å². The Kier molecular flexibility index (Phi) is 4.28. The van der Waals surface area contributed by atoms with E-state index < -0.39 is 28.0 Å². The average Bonchev–Trinajstić information content (AvgIpc) is 2.25. The normalized spacial score (nSPS) is 10.9. The highest BCUT2D eigenvalue weighted by Gasteiger charge is 2.27. The van der Waals surface area contributed by atoms with Crippen molar-refractivity contribution in [2.24, 2.45) is 5.73 Å². The smallest absolute Gasteiger partial charge is 0.282 e. The Hall–Kier alpha value is -2.64. The highest BCUT2D eigenvalue weighted by Crippen LogP contribution is 2.24. The van der Waals surface area contributed by atoms with Crippen LogP contribution in [0.4, 0.5) is 5.69 Å². The molecule has 1 aromatic rings. The Balaban J connectivity index is 3.06. The van der Waals surface area contributed by atoms with Crippen LogP contribution in [0.25, 0.3) is 0 Å². The molecular formula is C12H15N3O5. The lowest BCUT2D eigenvalue weighted by atomic mass is 9.99. The summed E-state index contributed by atoms with van der Waals surface area (Å²) in [6.07, 6.45) is -0.120. The maximum Gasteiger partial charge on any atom is 0.282 e. The van der Waals surface area contributed by atoms with Gasteiger partial charge in [0.25, 0.3) is 11.6 Å². The average molecular weight is 281 g/mol. The Bertz CT molecular complexity index is 568. The first kappa shape index (κ1) is 15.4. The molecule has 0 fully saturated rings. The third-order valence-electron chi connectivity index (χ3n) is 2.49. The quantitative estimate of drug-likeness (QED) is 0.538. The maximum absolute atomic E-state index is 12.0. The molecule has 0 radical (unpaired) electrons. The van der Waals surface area contributed by atoms with E-state index in [1.807, 2.05) is 0 Å². The molecule has 0 atom stereocenters. The Morgan fingerprint density at radius 2 is 2.05 bits per heavy atom. The first-order valence-electron chi connectivity index (χ1n) is 5.70. The number of carbonyl (C=O) groups excluding carboxylic acids is 2. The molecule has 0 unspecified atom stereocenters. The Morgan fingerprint density at radius 3 is 2.55 bits per heavy atom. The van der Waals surface area contributed by atoms with Gasteiger partial charge in [-0.15, -0.1) is 0 Å². The van der Waals surface area contributed by atoms with Gasteiger partial charge in [0.2, 0.25) is 5.91 Å². The molecule has 0 bridgehead atoms. The Labute approximate surface area is 114 Å². The van der Waals surface area contributed by atoms with Gasteiger partial charge in [0.1, 0.15) is 11.3 Å². The van der Waals surface area contributed by atoms with Crippen LogP contribution in [-0.4, -0.2) is 27.4 Å². The van der Waals surface area contributed by atoms with Crippen molar-refractivity contribution in [3.63, 3.8) is 0 Å². The first-order valence-corrected chi connectivity index (χ1v) is 5.70. The van der Waals surface area contributed by atoms with E-state index in [-0.39, 0.29) is 17.7 Å². The van der Waals surface area contributed by atoms with Gasteiger partial charge in [0, 0.05) is 18.0 Å². The minimum Gasteiger partial charge on any atom is -0.508 e. The summed E-state index contributed by atoms with van der Waals surface area (Å²) in [5.74, 6) is -1.65. The summed E-state index contributed by atoms with van der Waals surface area (Å²) in [6, 6.07) is 3.14. The molecule has 0 aliphatic carbocycles. The third-order valence-corrected chi connectivity index (χ3v) is 2.49. The van der Waals surface area contributed by atoms with E-state index in [2.05, 4.69) is 5.32 Å². The van der Waals surface area contributed by atoms with Crippen LogP contribution in [-0.2, 0) is 4.79 Å². The number of amides is 2. The molecule has 8 heteroatoms. The second kappa shape index (κ2) is 5.55. The van der Waals surface area contributed by atoms with Crippen molar-refractivity contribution >= 4 is 17.5 Å². The number of hydrogen-bond acceptors (Lipinski definition) is 5. The Morgan fingerprint density at radius 1 is 1.45 bits per heavy atom. The van der Waals surface area contributed by atoms with Crippen molar-refractivity contribution in [3.05, 3.63) is 33.9 Å². The van der Waals surface area contributed by atoms with Crippen LogP contribution in [0.1, 0.15) is 30.6 Å². The van der Waals surface area contributed by atoms with E-state index in [4.69, 9.17) is 5.73 Å². The van der Waals surface area contributed by atoms with Gasteiger partial charge < -0.3 is 16.2 Å². The SMILES string of the molecule is CC(C)(CC(N)=O)NC(=O)c1cc(O)ccc1[N+](=O)[O-]. The minimum atomic E-state index is -0.956. The summed E-state index contributed by atoms with van der Waals surface area (Å²) in [7, 11) is 0. The number of nitrogens with zero attached hydrogens (tertiary/aromatic N) is 1. The number of nitro groups is 1. The molecule has 1 rings (SSSR count). The van der Waals surface area contributed by atoms with Crippen LogP contribution < -0.4 is 11.1 Å². The van der Waals surface area contributed by atoms with Crippen LogP contribution in [0.3, 0.4) is 0 Å². The second-order valence-electron chi connectivity index (χ2n) is 4.94. The lowest BCUT2D eigenvalue weighted by molar-refractivity contribution is -0.385. The van der Waals surface area contributed by atoms with Crippen LogP contribution in [0.15, 0.2) is 18.2 Å². The minimum absolute atomic E-state index is 0.120. The summed E-state index contributed by atoms with van der Waals surface area (Å²) in [5, 5.41) is 22.7. The number of benzene rings is 1. The van der Waals surface area contributed by atoms with Crippen molar-refractivity contribution in [2.75, 3.05) is 0 Å². The van der Waals surface area contributed by atoms with E-state index in [0.717, 1.165) is 18.2 Å². The van der Waals surface area contributed by atoms with Crippen LogP contribution in [0.5, 0.6) is 5.75 Å². The summed E-state index contributed by atoms with van der Waals surface area (Å²) in [4.78, 5) is 33.0. The number of nitro benzene ring substituents is 1. The monoisotopic (exact) mass is 281 g/mol. The molecule has 0 heterocycles. The number of nitrogens with two attached hydrogens (primary N) is 1. The van der Waals surface area contributed by atoms with Crippen molar-refractivity contribution < 1.29 is 19.6 Å². The van der Waals surface area contributed by atoms with Crippen LogP contribution in [0, 0.1) is 10.1 Å². The summed E-state index contributed by atoms with van der Waals surface area (Å²) >= 11 is 0. The first-order chi connectivity index (χ1) is 9.12. The zero-order valence-corrected chi connectivity index (χ0v) is 11.0. The van der Waals surface area contributed by atoms with E-state index in [1.54, 1.807) is 13.8 Å². The molecule has 1 aromatic carbocycles. The van der Waals surface area contributed by atoms with Crippen molar-refractivity contribution in [1.82, 2.24) is 5.32 Å². The van der Waals surface area contributed by atoms with E-state index >= 15 is 0 Å². The highest BCUT2D eigenvalue weighted by molar-refractivity contribution is 5.99. The predicted octanol–water partition coefficient (Wildman–Crippen LogP) is 0.684. The van der Waals surface area contributed by atoms with Crippen molar-refractivity contribution in [3.8, 4) is 5.75 Å². The molecule has 0 saturated carbocycles. The van der Waals surface area contributed by atoms with Gasteiger partial charge in [-0.2, -0.15) is 0 Å².